The number of carboxylic acids is 1. The molecular formula is C9H14F4N2O4. The molecule has 0 fully saturated rings. The first-order chi connectivity index (χ1) is 8.70. The molecule has 112 valence electrons. The van der Waals surface area contributed by atoms with Gasteiger partial charge in [-0.25, -0.2) is 18.4 Å². The number of aliphatic carboxylic acids is 1. The summed E-state index contributed by atoms with van der Waals surface area (Å²) in [6, 6.07) is -2.64. The molecule has 19 heavy (non-hydrogen) atoms. The predicted octanol–water partition coefficient (Wildman–Crippen LogP) is 0.676. The molecule has 0 rings (SSSR count). The van der Waals surface area contributed by atoms with Crippen molar-refractivity contribution in [1.29, 1.82) is 0 Å². The van der Waals surface area contributed by atoms with Crippen LogP contribution in [0.1, 0.15) is 6.42 Å². The minimum absolute atomic E-state index is 0.0183. The van der Waals surface area contributed by atoms with Gasteiger partial charge in [0.05, 0.1) is 6.54 Å². The van der Waals surface area contributed by atoms with E-state index in [9.17, 15) is 27.2 Å². The van der Waals surface area contributed by atoms with Crippen molar-refractivity contribution in [1.82, 2.24) is 10.6 Å². The van der Waals surface area contributed by atoms with Crippen LogP contribution >= 0.6 is 0 Å². The number of carbonyl (C=O) groups is 2. The van der Waals surface area contributed by atoms with Crippen LogP contribution in [0.5, 0.6) is 0 Å². The first-order valence-corrected chi connectivity index (χ1v) is 5.12. The lowest BCUT2D eigenvalue weighted by atomic mass is 10.2. The molecule has 0 spiro atoms. The number of ether oxygens (including phenoxy) is 1. The Bertz CT molecular complexity index is 315. The number of halogens is 4. The highest BCUT2D eigenvalue weighted by atomic mass is 19.3. The number of alkyl halides is 4. The van der Waals surface area contributed by atoms with Crippen LogP contribution in [-0.2, 0) is 9.53 Å². The Morgan fingerprint density at radius 3 is 2.37 bits per heavy atom. The van der Waals surface area contributed by atoms with Crippen molar-refractivity contribution in [3.63, 3.8) is 0 Å². The first-order valence-electron chi connectivity index (χ1n) is 5.12. The number of methoxy groups -OCH3 is 1. The van der Waals surface area contributed by atoms with Gasteiger partial charge in [-0.2, -0.15) is 8.78 Å². The van der Waals surface area contributed by atoms with Gasteiger partial charge in [0.25, 0.3) is 0 Å². The minimum atomic E-state index is -4.37. The highest BCUT2D eigenvalue weighted by Gasteiger charge is 2.41. The van der Waals surface area contributed by atoms with Crippen molar-refractivity contribution < 1.29 is 37.0 Å². The van der Waals surface area contributed by atoms with Crippen LogP contribution in [0.2, 0.25) is 0 Å². The molecule has 10 heteroatoms. The number of urea groups is 1. The maximum atomic E-state index is 12.5. The normalized spacial score (nSPS) is 13.2. The van der Waals surface area contributed by atoms with Gasteiger partial charge in [0.2, 0.25) is 0 Å². The van der Waals surface area contributed by atoms with E-state index in [0.717, 1.165) is 0 Å². The molecule has 3 N–H and O–H groups in total. The first kappa shape index (κ1) is 17.4. The predicted molar refractivity (Wildman–Crippen MR) is 55.4 cm³/mol. The third-order valence-corrected chi connectivity index (χ3v) is 2.02. The molecule has 2 amide bonds. The number of hydrogen-bond donors (Lipinski definition) is 3. The van der Waals surface area contributed by atoms with E-state index in [2.05, 4.69) is 4.74 Å². The molecular weight excluding hydrogens is 276 g/mol. The Labute approximate surface area is 106 Å². The SMILES string of the molecule is COCCC(NC(=O)NCC(F)(F)C(F)F)C(=O)O. The van der Waals surface area contributed by atoms with Gasteiger partial charge in [0, 0.05) is 20.1 Å². The zero-order valence-electron chi connectivity index (χ0n) is 9.96. The van der Waals surface area contributed by atoms with E-state index in [1.54, 1.807) is 0 Å². The van der Waals surface area contributed by atoms with Crippen LogP contribution in [-0.4, -0.2) is 55.8 Å². The fraction of sp³-hybridized carbons (Fsp3) is 0.778. The maximum absolute atomic E-state index is 12.5. The van der Waals surface area contributed by atoms with Crippen molar-refractivity contribution >= 4 is 12.0 Å². The van der Waals surface area contributed by atoms with E-state index in [4.69, 9.17) is 5.11 Å². The van der Waals surface area contributed by atoms with E-state index in [1.807, 2.05) is 5.32 Å². The Morgan fingerprint density at radius 2 is 1.95 bits per heavy atom. The van der Waals surface area contributed by atoms with E-state index < -0.39 is 36.9 Å². The summed E-state index contributed by atoms with van der Waals surface area (Å²) in [4.78, 5) is 21.8. The second-order valence-corrected chi connectivity index (χ2v) is 3.56. The molecule has 0 saturated carbocycles. The van der Waals surface area contributed by atoms with Crippen molar-refractivity contribution in [3.05, 3.63) is 0 Å². The quantitative estimate of drug-likeness (QED) is 0.574. The number of carboxylic acid groups (broad SMARTS) is 1. The van der Waals surface area contributed by atoms with Crippen LogP contribution in [0.4, 0.5) is 22.4 Å². The third-order valence-electron chi connectivity index (χ3n) is 2.02. The van der Waals surface area contributed by atoms with Crippen LogP contribution in [0.15, 0.2) is 0 Å². The summed E-state index contributed by atoms with van der Waals surface area (Å²) in [5.74, 6) is -5.77. The highest BCUT2D eigenvalue weighted by molar-refractivity contribution is 5.82. The van der Waals surface area contributed by atoms with E-state index in [0.29, 0.717) is 0 Å². The number of amides is 2. The maximum Gasteiger partial charge on any atom is 0.326 e. The number of hydrogen-bond acceptors (Lipinski definition) is 3. The van der Waals surface area contributed by atoms with Crippen molar-refractivity contribution in [2.24, 2.45) is 0 Å². The van der Waals surface area contributed by atoms with Crippen LogP contribution in [0, 0.1) is 0 Å². The summed E-state index contributed by atoms with van der Waals surface area (Å²) >= 11 is 0. The summed E-state index contributed by atoms with van der Waals surface area (Å²) in [6.45, 7) is -1.57. The van der Waals surface area contributed by atoms with Crippen LogP contribution < -0.4 is 10.6 Å². The molecule has 0 aliphatic heterocycles. The second kappa shape index (κ2) is 7.77. The van der Waals surface area contributed by atoms with E-state index in [1.165, 1.54) is 12.4 Å². The minimum Gasteiger partial charge on any atom is -0.480 e. The van der Waals surface area contributed by atoms with Gasteiger partial charge in [-0.3, -0.25) is 0 Å². The van der Waals surface area contributed by atoms with Gasteiger partial charge < -0.3 is 20.5 Å². The fourth-order valence-corrected chi connectivity index (χ4v) is 0.978. The lowest BCUT2D eigenvalue weighted by molar-refractivity contribution is -0.139. The van der Waals surface area contributed by atoms with Gasteiger partial charge in [-0.05, 0) is 0 Å². The van der Waals surface area contributed by atoms with Crippen LogP contribution in [0.25, 0.3) is 0 Å². The molecule has 1 atom stereocenters. The zero-order chi connectivity index (χ0) is 15.1. The van der Waals surface area contributed by atoms with Crippen molar-refractivity contribution in [2.45, 2.75) is 24.8 Å². The summed E-state index contributed by atoms with van der Waals surface area (Å²) in [5, 5.41) is 12.0. The molecule has 0 aromatic carbocycles. The van der Waals surface area contributed by atoms with Gasteiger partial charge in [0.15, 0.2) is 0 Å². The van der Waals surface area contributed by atoms with Crippen molar-refractivity contribution in [3.8, 4) is 0 Å². The average molecular weight is 290 g/mol. The Balaban J connectivity index is 4.24. The third kappa shape index (κ3) is 6.79. The molecule has 0 aromatic heterocycles. The highest BCUT2D eigenvalue weighted by Crippen LogP contribution is 2.21. The van der Waals surface area contributed by atoms with Gasteiger partial charge in [-0.1, -0.05) is 0 Å². The molecule has 0 saturated heterocycles. The van der Waals surface area contributed by atoms with Gasteiger partial charge >= 0.3 is 24.3 Å². The molecule has 0 radical (unpaired) electrons. The Morgan fingerprint density at radius 1 is 1.37 bits per heavy atom. The largest absolute Gasteiger partial charge is 0.480 e. The molecule has 6 nitrogen and oxygen atoms in total. The molecule has 0 bridgehead atoms. The van der Waals surface area contributed by atoms with Crippen LogP contribution in [0.3, 0.4) is 0 Å². The lowest BCUT2D eigenvalue weighted by Gasteiger charge is -2.18. The number of rotatable bonds is 8. The van der Waals surface area contributed by atoms with Crippen molar-refractivity contribution in [2.75, 3.05) is 20.3 Å². The van der Waals surface area contributed by atoms with Gasteiger partial charge in [0.1, 0.15) is 6.04 Å². The monoisotopic (exact) mass is 290 g/mol. The topological polar surface area (TPSA) is 87.7 Å². The number of carbonyl (C=O) groups excluding carboxylic acids is 1. The molecule has 0 aromatic rings. The smallest absolute Gasteiger partial charge is 0.326 e. The lowest BCUT2D eigenvalue weighted by Crippen LogP contribution is -2.50. The van der Waals surface area contributed by atoms with E-state index in [-0.39, 0.29) is 13.0 Å². The second-order valence-electron chi connectivity index (χ2n) is 3.56. The van der Waals surface area contributed by atoms with E-state index >= 15 is 0 Å². The molecule has 0 aliphatic carbocycles. The summed E-state index contributed by atoms with van der Waals surface area (Å²) < 4.78 is 53.1. The Kier molecular flexibility index (Phi) is 7.12. The zero-order valence-corrected chi connectivity index (χ0v) is 9.96. The average Bonchev–Trinajstić information content (AvgIpc) is 2.31. The molecule has 0 heterocycles. The summed E-state index contributed by atoms with van der Waals surface area (Å²) in [6.07, 6.45) is -4.01. The Hall–Kier alpha value is -1.58. The van der Waals surface area contributed by atoms with Gasteiger partial charge in [-0.15, -0.1) is 0 Å². The number of nitrogens with one attached hydrogen (secondary N) is 2. The summed E-state index contributed by atoms with van der Waals surface area (Å²) in [7, 11) is 1.31. The summed E-state index contributed by atoms with van der Waals surface area (Å²) in [5.41, 5.74) is 0. The fourth-order valence-electron chi connectivity index (χ4n) is 0.978. The molecule has 1 unspecified atom stereocenters. The standard InChI is InChI=1S/C9H14F4N2O4/c1-19-3-2-5(6(16)17)15-8(18)14-4-9(12,13)7(10)11/h5,7H,2-4H2,1H3,(H,16,17)(H2,14,15,18). The molecule has 0 aliphatic rings.